The number of benzene rings is 1. The number of hydrogen-bond acceptors (Lipinski definition) is 9. The summed E-state index contributed by atoms with van der Waals surface area (Å²) in [5.74, 6) is 1.92. The molecule has 27 heavy (non-hydrogen) atoms. The standard InChI is InChI=1S/C16H16N6O3S2/c1-8(14(23)17-15-20-18-9(2)27-15)26-16-21-19-13(22(16)3)10-4-5-11-12(6-10)25-7-24-11/h4-6,8H,7H2,1-3H3,(H,17,20,23). The van der Waals surface area contributed by atoms with E-state index >= 15 is 0 Å². The van der Waals surface area contributed by atoms with Crippen LogP contribution < -0.4 is 14.8 Å². The molecule has 0 saturated heterocycles. The molecule has 0 spiro atoms. The molecule has 1 atom stereocenters. The average molecular weight is 404 g/mol. The number of carbonyl (C=O) groups is 1. The SMILES string of the molecule is Cc1nnc(NC(=O)C(C)Sc2nnc(-c3ccc4c(c3)OCO4)n2C)s1. The van der Waals surface area contributed by atoms with Gasteiger partial charge in [-0.1, -0.05) is 23.1 Å². The molecule has 0 saturated carbocycles. The summed E-state index contributed by atoms with van der Waals surface area (Å²) < 4.78 is 12.6. The van der Waals surface area contributed by atoms with Crippen LogP contribution in [0.5, 0.6) is 11.5 Å². The number of ether oxygens (including phenoxy) is 2. The van der Waals surface area contributed by atoms with Gasteiger partial charge in [-0.2, -0.15) is 0 Å². The van der Waals surface area contributed by atoms with Crippen molar-refractivity contribution in [1.82, 2.24) is 25.0 Å². The van der Waals surface area contributed by atoms with E-state index in [0.717, 1.165) is 10.6 Å². The zero-order valence-corrected chi connectivity index (χ0v) is 16.4. The average Bonchev–Trinajstić information content (AvgIpc) is 3.36. The van der Waals surface area contributed by atoms with E-state index < -0.39 is 0 Å². The van der Waals surface area contributed by atoms with E-state index in [4.69, 9.17) is 9.47 Å². The number of hydrogen-bond donors (Lipinski definition) is 1. The van der Waals surface area contributed by atoms with Crippen molar-refractivity contribution < 1.29 is 14.3 Å². The maximum absolute atomic E-state index is 12.4. The van der Waals surface area contributed by atoms with Crippen LogP contribution in [0.2, 0.25) is 0 Å². The van der Waals surface area contributed by atoms with Gasteiger partial charge in [0.15, 0.2) is 22.5 Å². The monoisotopic (exact) mass is 404 g/mol. The Balaban J connectivity index is 1.48. The summed E-state index contributed by atoms with van der Waals surface area (Å²) in [6.07, 6.45) is 0. The lowest BCUT2D eigenvalue weighted by Crippen LogP contribution is -2.22. The minimum Gasteiger partial charge on any atom is -0.454 e. The van der Waals surface area contributed by atoms with Crippen LogP contribution in [0.3, 0.4) is 0 Å². The number of thioether (sulfide) groups is 1. The molecule has 1 aromatic carbocycles. The first-order valence-electron chi connectivity index (χ1n) is 8.08. The van der Waals surface area contributed by atoms with Gasteiger partial charge in [0.25, 0.3) is 0 Å². The minimum atomic E-state index is -0.373. The molecule has 2 aromatic heterocycles. The molecule has 9 nitrogen and oxygen atoms in total. The Labute approximate surface area is 163 Å². The summed E-state index contributed by atoms with van der Waals surface area (Å²) in [7, 11) is 1.86. The third-order valence-corrected chi connectivity index (χ3v) is 5.76. The van der Waals surface area contributed by atoms with Crippen molar-refractivity contribution in [1.29, 1.82) is 0 Å². The second-order valence-electron chi connectivity index (χ2n) is 5.81. The smallest absolute Gasteiger partial charge is 0.239 e. The molecule has 0 bridgehead atoms. The van der Waals surface area contributed by atoms with Crippen molar-refractivity contribution in [2.75, 3.05) is 12.1 Å². The number of rotatable bonds is 5. The third-order valence-electron chi connectivity index (χ3n) is 3.87. The fourth-order valence-electron chi connectivity index (χ4n) is 2.47. The van der Waals surface area contributed by atoms with E-state index in [9.17, 15) is 4.79 Å². The van der Waals surface area contributed by atoms with E-state index in [1.54, 1.807) is 0 Å². The zero-order chi connectivity index (χ0) is 19.0. The third kappa shape index (κ3) is 3.60. The molecular formula is C16H16N6O3S2. The van der Waals surface area contributed by atoms with Crippen LogP contribution in [0.1, 0.15) is 11.9 Å². The largest absolute Gasteiger partial charge is 0.454 e. The van der Waals surface area contributed by atoms with Gasteiger partial charge >= 0.3 is 0 Å². The molecule has 0 radical (unpaired) electrons. The first-order valence-corrected chi connectivity index (χ1v) is 9.78. The van der Waals surface area contributed by atoms with Crippen LogP contribution in [-0.4, -0.2) is 42.9 Å². The van der Waals surface area contributed by atoms with Crippen molar-refractivity contribution in [3.05, 3.63) is 23.2 Å². The number of aromatic nitrogens is 5. The lowest BCUT2D eigenvalue weighted by molar-refractivity contribution is -0.115. The molecule has 1 aliphatic heterocycles. The molecular weight excluding hydrogens is 388 g/mol. The van der Waals surface area contributed by atoms with E-state index in [1.807, 2.05) is 43.7 Å². The van der Waals surface area contributed by atoms with E-state index in [0.29, 0.717) is 27.6 Å². The highest BCUT2D eigenvalue weighted by Gasteiger charge is 2.21. The van der Waals surface area contributed by atoms with Gasteiger partial charge in [-0.15, -0.1) is 20.4 Å². The van der Waals surface area contributed by atoms with Crippen LogP contribution in [0.4, 0.5) is 5.13 Å². The predicted molar refractivity (Wildman–Crippen MR) is 101 cm³/mol. The Morgan fingerprint density at radius 1 is 1.26 bits per heavy atom. The van der Waals surface area contributed by atoms with E-state index in [-0.39, 0.29) is 18.0 Å². The number of aryl methyl sites for hydroxylation is 1. The highest BCUT2D eigenvalue weighted by atomic mass is 32.2. The molecule has 1 amide bonds. The molecule has 1 unspecified atom stereocenters. The summed E-state index contributed by atoms with van der Waals surface area (Å²) in [5, 5.41) is 20.6. The Kier molecular flexibility index (Phi) is 4.70. The Bertz CT molecular complexity index is 1000. The highest BCUT2D eigenvalue weighted by Crippen LogP contribution is 2.36. The van der Waals surface area contributed by atoms with Gasteiger partial charge in [0.05, 0.1) is 5.25 Å². The first kappa shape index (κ1) is 17.7. The summed E-state index contributed by atoms with van der Waals surface area (Å²) in [4.78, 5) is 12.4. The molecule has 140 valence electrons. The second kappa shape index (κ2) is 7.16. The van der Waals surface area contributed by atoms with Gasteiger partial charge < -0.3 is 14.0 Å². The minimum absolute atomic E-state index is 0.163. The van der Waals surface area contributed by atoms with E-state index in [2.05, 4.69) is 25.7 Å². The van der Waals surface area contributed by atoms with Crippen LogP contribution in [-0.2, 0) is 11.8 Å². The Hall–Kier alpha value is -2.66. The number of carbonyl (C=O) groups excluding carboxylic acids is 1. The summed E-state index contributed by atoms with van der Waals surface area (Å²) in [6.45, 7) is 3.87. The second-order valence-corrected chi connectivity index (χ2v) is 8.30. The Morgan fingerprint density at radius 2 is 2.07 bits per heavy atom. The molecule has 3 heterocycles. The number of fused-ring (bicyclic) bond motifs is 1. The fourth-order valence-corrected chi connectivity index (χ4v) is 3.88. The van der Waals surface area contributed by atoms with Crippen LogP contribution >= 0.6 is 23.1 Å². The quantitative estimate of drug-likeness (QED) is 0.647. The number of nitrogens with zero attached hydrogens (tertiary/aromatic N) is 5. The highest BCUT2D eigenvalue weighted by molar-refractivity contribution is 8.00. The lowest BCUT2D eigenvalue weighted by atomic mass is 10.2. The molecule has 1 N–H and O–H groups in total. The molecule has 4 rings (SSSR count). The van der Waals surface area contributed by atoms with Crippen molar-refractivity contribution in [2.24, 2.45) is 7.05 Å². The van der Waals surface area contributed by atoms with Gasteiger partial charge in [0, 0.05) is 12.6 Å². The topological polar surface area (TPSA) is 104 Å². The van der Waals surface area contributed by atoms with Crippen molar-refractivity contribution in [2.45, 2.75) is 24.3 Å². The first-order chi connectivity index (χ1) is 13.0. The maximum atomic E-state index is 12.4. The summed E-state index contributed by atoms with van der Waals surface area (Å²) in [5.41, 5.74) is 0.863. The normalized spacial score (nSPS) is 13.6. The molecule has 0 aliphatic carbocycles. The molecule has 11 heteroatoms. The zero-order valence-electron chi connectivity index (χ0n) is 14.8. The van der Waals surface area contributed by atoms with Crippen LogP contribution in [0, 0.1) is 6.92 Å². The number of nitrogens with one attached hydrogen (secondary N) is 1. The van der Waals surface area contributed by atoms with Gasteiger partial charge in [-0.25, -0.2) is 0 Å². The summed E-state index contributed by atoms with van der Waals surface area (Å²) in [6, 6.07) is 5.62. The van der Waals surface area contributed by atoms with Crippen molar-refractivity contribution in [3.63, 3.8) is 0 Å². The number of anilines is 1. The van der Waals surface area contributed by atoms with Gasteiger partial charge in [-0.3, -0.25) is 10.1 Å². The van der Waals surface area contributed by atoms with E-state index in [1.165, 1.54) is 23.1 Å². The molecule has 3 aromatic rings. The fraction of sp³-hybridized carbons (Fsp3) is 0.312. The maximum Gasteiger partial charge on any atom is 0.239 e. The molecule has 0 fully saturated rings. The molecule has 1 aliphatic rings. The lowest BCUT2D eigenvalue weighted by Gasteiger charge is -2.10. The van der Waals surface area contributed by atoms with Crippen LogP contribution in [0.25, 0.3) is 11.4 Å². The number of amides is 1. The van der Waals surface area contributed by atoms with Crippen LogP contribution in [0.15, 0.2) is 23.4 Å². The van der Waals surface area contributed by atoms with Gasteiger partial charge in [0.2, 0.25) is 17.8 Å². The summed E-state index contributed by atoms with van der Waals surface area (Å²) >= 11 is 2.66. The van der Waals surface area contributed by atoms with Crippen molar-refractivity contribution in [3.8, 4) is 22.9 Å². The van der Waals surface area contributed by atoms with Crippen molar-refractivity contribution >= 4 is 34.1 Å². The predicted octanol–water partition coefficient (Wildman–Crippen LogP) is 2.49. The van der Waals surface area contributed by atoms with Gasteiger partial charge in [-0.05, 0) is 32.0 Å². The Morgan fingerprint density at radius 3 is 2.85 bits per heavy atom. The van der Waals surface area contributed by atoms with Gasteiger partial charge in [0.1, 0.15) is 5.01 Å².